The fraction of sp³-hybridized carbons (Fsp3) is 0.529. The maximum absolute atomic E-state index is 12.1. The SMILES string of the molecule is COC(=O)[C@@H](N)[C@H](NC(=O)OC(C)(C)C)c1ccc(N(C)C)cc1. The average Bonchev–Trinajstić information content (AvgIpc) is 2.49. The van der Waals surface area contributed by atoms with Crippen LogP contribution in [-0.2, 0) is 14.3 Å². The molecule has 0 aromatic heterocycles. The molecular weight excluding hydrogens is 310 g/mol. The molecule has 0 bridgehead atoms. The second-order valence-electron chi connectivity index (χ2n) is 6.66. The average molecular weight is 337 g/mol. The van der Waals surface area contributed by atoms with Crippen molar-refractivity contribution in [1.29, 1.82) is 0 Å². The minimum Gasteiger partial charge on any atom is -0.468 e. The quantitative estimate of drug-likeness (QED) is 0.796. The number of methoxy groups -OCH3 is 1. The zero-order valence-corrected chi connectivity index (χ0v) is 15.1. The summed E-state index contributed by atoms with van der Waals surface area (Å²) >= 11 is 0. The maximum Gasteiger partial charge on any atom is 0.408 e. The van der Waals surface area contributed by atoms with Gasteiger partial charge in [0.15, 0.2) is 0 Å². The number of esters is 1. The molecule has 1 aromatic carbocycles. The van der Waals surface area contributed by atoms with Crippen LogP contribution in [0, 0.1) is 0 Å². The van der Waals surface area contributed by atoms with Gasteiger partial charge in [0.2, 0.25) is 0 Å². The van der Waals surface area contributed by atoms with Gasteiger partial charge in [0, 0.05) is 19.8 Å². The van der Waals surface area contributed by atoms with E-state index in [2.05, 4.69) is 5.32 Å². The summed E-state index contributed by atoms with van der Waals surface area (Å²) in [5, 5.41) is 2.65. The van der Waals surface area contributed by atoms with E-state index in [4.69, 9.17) is 15.2 Å². The summed E-state index contributed by atoms with van der Waals surface area (Å²) in [6.45, 7) is 5.27. The fourth-order valence-electron chi connectivity index (χ4n) is 2.07. The monoisotopic (exact) mass is 337 g/mol. The van der Waals surface area contributed by atoms with E-state index in [-0.39, 0.29) is 0 Å². The van der Waals surface area contributed by atoms with Crippen LogP contribution in [0.15, 0.2) is 24.3 Å². The first-order chi connectivity index (χ1) is 11.0. The van der Waals surface area contributed by atoms with Crippen LogP contribution in [0.5, 0.6) is 0 Å². The number of rotatable bonds is 5. The molecule has 0 heterocycles. The van der Waals surface area contributed by atoms with Crippen LogP contribution in [0.4, 0.5) is 10.5 Å². The number of alkyl carbamates (subject to hydrolysis) is 1. The van der Waals surface area contributed by atoms with Gasteiger partial charge in [-0.1, -0.05) is 12.1 Å². The van der Waals surface area contributed by atoms with Crippen LogP contribution < -0.4 is 16.0 Å². The van der Waals surface area contributed by atoms with Gasteiger partial charge < -0.3 is 25.4 Å². The van der Waals surface area contributed by atoms with E-state index in [1.165, 1.54) is 7.11 Å². The number of amides is 1. The van der Waals surface area contributed by atoms with Gasteiger partial charge in [-0.3, -0.25) is 4.79 Å². The summed E-state index contributed by atoms with van der Waals surface area (Å²) in [5.41, 5.74) is 6.98. The van der Waals surface area contributed by atoms with E-state index in [0.29, 0.717) is 5.56 Å². The summed E-state index contributed by atoms with van der Waals surface area (Å²) < 4.78 is 9.94. The number of hydrogen-bond acceptors (Lipinski definition) is 6. The first-order valence-electron chi connectivity index (χ1n) is 7.65. The van der Waals surface area contributed by atoms with Crippen molar-refractivity contribution in [3.05, 3.63) is 29.8 Å². The molecule has 0 spiro atoms. The van der Waals surface area contributed by atoms with Gasteiger partial charge in [0.25, 0.3) is 0 Å². The minimum atomic E-state index is -1.05. The van der Waals surface area contributed by atoms with Crippen LogP contribution in [-0.4, -0.2) is 44.9 Å². The van der Waals surface area contributed by atoms with Crippen molar-refractivity contribution in [1.82, 2.24) is 5.32 Å². The number of hydrogen-bond donors (Lipinski definition) is 2. The van der Waals surface area contributed by atoms with Crippen LogP contribution in [0.1, 0.15) is 32.4 Å². The first-order valence-corrected chi connectivity index (χ1v) is 7.65. The van der Waals surface area contributed by atoms with Gasteiger partial charge in [-0.15, -0.1) is 0 Å². The van der Waals surface area contributed by atoms with Crippen molar-refractivity contribution in [3.8, 4) is 0 Å². The van der Waals surface area contributed by atoms with Crippen molar-refractivity contribution in [2.75, 3.05) is 26.1 Å². The highest BCUT2D eigenvalue weighted by molar-refractivity contribution is 5.78. The number of nitrogens with one attached hydrogen (secondary N) is 1. The third-order valence-corrected chi connectivity index (χ3v) is 3.27. The zero-order valence-electron chi connectivity index (χ0n) is 15.1. The number of carbonyl (C=O) groups excluding carboxylic acids is 2. The molecule has 7 heteroatoms. The lowest BCUT2D eigenvalue weighted by molar-refractivity contribution is -0.142. The molecule has 3 N–H and O–H groups in total. The summed E-state index contributed by atoms with van der Waals surface area (Å²) in [6.07, 6.45) is -0.650. The molecule has 0 aliphatic heterocycles. The Hall–Kier alpha value is -2.28. The fourth-order valence-corrected chi connectivity index (χ4v) is 2.07. The maximum atomic E-state index is 12.1. The van der Waals surface area contributed by atoms with Crippen molar-refractivity contribution in [3.63, 3.8) is 0 Å². The number of anilines is 1. The summed E-state index contributed by atoms with van der Waals surface area (Å²) in [4.78, 5) is 25.8. The van der Waals surface area contributed by atoms with E-state index in [0.717, 1.165) is 5.69 Å². The standard InChI is InChI=1S/C17H27N3O4/c1-17(2,3)24-16(22)19-14(13(18)15(21)23-6)11-7-9-12(10-8-11)20(4)5/h7-10,13-14H,18H2,1-6H3,(H,19,22)/t13-,14+/m0/s1. The van der Waals surface area contributed by atoms with Gasteiger partial charge in [0.1, 0.15) is 11.6 Å². The number of benzene rings is 1. The molecule has 2 atom stereocenters. The highest BCUT2D eigenvalue weighted by atomic mass is 16.6. The molecule has 134 valence electrons. The molecule has 24 heavy (non-hydrogen) atoms. The van der Waals surface area contributed by atoms with Crippen LogP contribution in [0.2, 0.25) is 0 Å². The molecule has 1 rings (SSSR count). The molecule has 0 aliphatic rings. The molecule has 1 aromatic rings. The van der Waals surface area contributed by atoms with E-state index < -0.39 is 29.7 Å². The Morgan fingerprint density at radius 1 is 1.17 bits per heavy atom. The van der Waals surface area contributed by atoms with Crippen molar-refractivity contribution in [2.24, 2.45) is 5.73 Å². The number of nitrogens with zero attached hydrogens (tertiary/aromatic N) is 1. The minimum absolute atomic E-state index is 0.618. The Morgan fingerprint density at radius 3 is 2.12 bits per heavy atom. The van der Waals surface area contributed by atoms with E-state index in [1.54, 1.807) is 32.9 Å². The number of carbonyl (C=O) groups is 2. The molecule has 1 amide bonds. The first kappa shape index (κ1) is 19.8. The molecule has 0 aliphatic carbocycles. The summed E-state index contributed by atoms with van der Waals surface area (Å²) in [6, 6.07) is 5.56. The van der Waals surface area contributed by atoms with Gasteiger partial charge >= 0.3 is 12.1 Å². The van der Waals surface area contributed by atoms with Gasteiger partial charge in [-0.25, -0.2) is 4.79 Å². The van der Waals surface area contributed by atoms with Crippen LogP contribution >= 0.6 is 0 Å². The van der Waals surface area contributed by atoms with Crippen molar-refractivity contribution < 1.29 is 19.1 Å². The lowest BCUT2D eigenvalue weighted by Crippen LogP contribution is -2.47. The largest absolute Gasteiger partial charge is 0.468 e. The van der Waals surface area contributed by atoms with Crippen LogP contribution in [0.25, 0.3) is 0 Å². The summed E-state index contributed by atoms with van der Waals surface area (Å²) in [5.74, 6) is -0.618. The Morgan fingerprint density at radius 2 is 1.71 bits per heavy atom. The Kier molecular flexibility index (Phi) is 6.60. The predicted molar refractivity (Wildman–Crippen MR) is 92.9 cm³/mol. The molecule has 7 nitrogen and oxygen atoms in total. The predicted octanol–water partition coefficient (Wildman–Crippen LogP) is 1.82. The molecule has 0 radical (unpaired) electrons. The Labute approximate surface area is 143 Å². The van der Waals surface area contributed by atoms with Crippen molar-refractivity contribution >= 4 is 17.7 Å². The molecular formula is C17H27N3O4. The highest BCUT2D eigenvalue weighted by Crippen LogP contribution is 2.21. The molecule has 0 saturated carbocycles. The molecule has 0 fully saturated rings. The normalized spacial score (nSPS) is 13.6. The van der Waals surface area contributed by atoms with Crippen molar-refractivity contribution in [2.45, 2.75) is 38.5 Å². The Balaban J connectivity index is 3.05. The topological polar surface area (TPSA) is 93.9 Å². The number of ether oxygens (including phenoxy) is 2. The second kappa shape index (κ2) is 8.01. The van der Waals surface area contributed by atoms with Crippen LogP contribution in [0.3, 0.4) is 0 Å². The van der Waals surface area contributed by atoms with E-state index >= 15 is 0 Å². The lowest BCUT2D eigenvalue weighted by Gasteiger charge is -2.26. The molecule has 0 unspecified atom stereocenters. The zero-order chi connectivity index (χ0) is 18.5. The summed E-state index contributed by atoms with van der Waals surface area (Å²) in [7, 11) is 5.10. The van der Waals surface area contributed by atoms with Gasteiger partial charge in [-0.05, 0) is 38.5 Å². The van der Waals surface area contributed by atoms with E-state index in [1.807, 2.05) is 31.1 Å². The smallest absolute Gasteiger partial charge is 0.408 e. The third kappa shape index (κ3) is 5.73. The van der Waals surface area contributed by atoms with Gasteiger partial charge in [-0.2, -0.15) is 0 Å². The van der Waals surface area contributed by atoms with E-state index in [9.17, 15) is 9.59 Å². The highest BCUT2D eigenvalue weighted by Gasteiger charge is 2.30. The second-order valence-corrected chi connectivity index (χ2v) is 6.66. The Bertz CT molecular complexity index is 564. The number of nitrogens with two attached hydrogens (primary N) is 1. The van der Waals surface area contributed by atoms with Gasteiger partial charge in [0.05, 0.1) is 13.2 Å². The molecule has 0 saturated heterocycles. The lowest BCUT2D eigenvalue weighted by atomic mass is 9.99. The third-order valence-electron chi connectivity index (χ3n) is 3.27.